The van der Waals surface area contributed by atoms with Crippen LogP contribution in [-0.4, -0.2) is 16.7 Å². The first-order valence-electron chi connectivity index (χ1n) is 13.9. The van der Waals surface area contributed by atoms with E-state index in [9.17, 15) is 5.11 Å². The van der Waals surface area contributed by atoms with Gasteiger partial charge >= 0.3 is 0 Å². The van der Waals surface area contributed by atoms with Crippen molar-refractivity contribution in [2.75, 3.05) is 6.16 Å². The van der Waals surface area contributed by atoms with Gasteiger partial charge in [0.05, 0.1) is 16.6 Å². The van der Waals surface area contributed by atoms with E-state index in [0.717, 1.165) is 29.4 Å². The zero-order valence-electron chi connectivity index (χ0n) is 24.1. The summed E-state index contributed by atoms with van der Waals surface area (Å²) >= 11 is 0. The molecule has 0 radical (unpaired) electrons. The number of hydrogen-bond donors (Lipinski definition) is 1. The molecule has 3 heteroatoms. The lowest BCUT2D eigenvalue weighted by molar-refractivity contribution is 0.430. The second-order valence-corrected chi connectivity index (χ2v) is 14.9. The molecule has 2 atom stereocenters. The average Bonchev–Trinajstić information content (AvgIpc) is 3.28. The molecule has 1 aliphatic rings. The number of benzene rings is 4. The standard InChI is InChI=1S/C36H40NOP/c1-34(2,3)27-24-30(35(4,5)6)32(38)31(25-27)36(26-16-10-7-11-17-26)22-23-39(29-20-14-9-15-21-29)33(36)37-28-18-12-8-13-19-28/h7-21,24-25,38H,22-23H2,1-6H3. The molecule has 1 saturated heterocycles. The van der Waals surface area contributed by atoms with E-state index in [2.05, 4.69) is 139 Å². The Morgan fingerprint density at radius 1 is 0.718 bits per heavy atom. The highest BCUT2D eigenvalue weighted by molar-refractivity contribution is 7.82. The summed E-state index contributed by atoms with van der Waals surface area (Å²) in [6, 6.07) is 36.5. The first kappa shape index (κ1) is 27.4. The largest absolute Gasteiger partial charge is 0.507 e. The van der Waals surface area contributed by atoms with E-state index in [0.29, 0.717) is 5.75 Å². The molecule has 1 aliphatic heterocycles. The number of para-hydroxylation sites is 1. The zero-order valence-corrected chi connectivity index (χ0v) is 25.0. The summed E-state index contributed by atoms with van der Waals surface area (Å²) in [5.74, 6) is 0.407. The molecule has 0 aromatic heterocycles. The van der Waals surface area contributed by atoms with Gasteiger partial charge in [0, 0.05) is 5.56 Å². The maximum absolute atomic E-state index is 12.2. The Hall–Kier alpha value is -3.22. The number of aliphatic imine (C=N–C) groups is 1. The molecule has 4 aromatic carbocycles. The Balaban J connectivity index is 1.89. The predicted octanol–water partition coefficient (Wildman–Crippen LogP) is 9.21. The fourth-order valence-electron chi connectivity index (χ4n) is 5.74. The van der Waals surface area contributed by atoms with E-state index in [1.54, 1.807) is 0 Å². The van der Waals surface area contributed by atoms with Crippen LogP contribution in [-0.2, 0) is 16.2 Å². The van der Waals surface area contributed by atoms with Crippen molar-refractivity contribution >= 4 is 24.4 Å². The molecule has 0 saturated carbocycles. The van der Waals surface area contributed by atoms with Gasteiger partial charge in [-0.15, -0.1) is 0 Å². The molecule has 0 aliphatic carbocycles. The summed E-state index contributed by atoms with van der Waals surface area (Å²) < 4.78 is 0. The number of hydrogen-bond acceptors (Lipinski definition) is 2. The highest BCUT2D eigenvalue weighted by Crippen LogP contribution is 2.60. The normalized spacial score (nSPS) is 20.9. The number of phenols is 1. The Labute approximate surface area is 235 Å². The van der Waals surface area contributed by atoms with Crippen molar-refractivity contribution in [2.24, 2.45) is 4.99 Å². The quantitative estimate of drug-likeness (QED) is 0.261. The van der Waals surface area contributed by atoms with Gasteiger partial charge in [-0.3, -0.25) is 4.99 Å². The number of phenolic OH excluding ortho intramolecular Hbond substituents is 1. The van der Waals surface area contributed by atoms with Crippen molar-refractivity contribution in [3.05, 3.63) is 125 Å². The summed E-state index contributed by atoms with van der Waals surface area (Å²) in [6.45, 7) is 13.4. The van der Waals surface area contributed by atoms with Crippen molar-refractivity contribution < 1.29 is 5.11 Å². The topological polar surface area (TPSA) is 32.6 Å². The van der Waals surface area contributed by atoms with Crippen LogP contribution in [0.1, 0.15) is 70.2 Å². The smallest absolute Gasteiger partial charge is 0.123 e. The molecule has 0 amide bonds. The minimum Gasteiger partial charge on any atom is -0.507 e. The van der Waals surface area contributed by atoms with E-state index in [1.807, 2.05) is 6.07 Å². The van der Waals surface area contributed by atoms with E-state index in [1.165, 1.54) is 21.9 Å². The Kier molecular flexibility index (Phi) is 7.29. The molecule has 39 heavy (non-hydrogen) atoms. The van der Waals surface area contributed by atoms with Crippen LogP contribution in [0.4, 0.5) is 5.69 Å². The molecule has 1 heterocycles. The summed E-state index contributed by atoms with van der Waals surface area (Å²) in [4.78, 5) is 5.48. The second-order valence-electron chi connectivity index (χ2n) is 12.7. The lowest BCUT2D eigenvalue weighted by Crippen LogP contribution is -2.34. The zero-order chi connectivity index (χ0) is 27.8. The van der Waals surface area contributed by atoms with Crippen LogP contribution < -0.4 is 5.30 Å². The van der Waals surface area contributed by atoms with Gasteiger partial charge < -0.3 is 5.11 Å². The minimum atomic E-state index is -0.711. The van der Waals surface area contributed by atoms with Gasteiger partial charge in [0.15, 0.2) is 0 Å². The van der Waals surface area contributed by atoms with E-state index in [-0.39, 0.29) is 10.8 Å². The van der Waals surface area contributed by atoms with E-state index < -0.39 is 13.3 Å². The van der Waals surface area contributed by atoms with Crippen LogP contribution in [0.25, 0.3) is 0 Å². The van der Waals surface area contributed by atoms with Crippen LogP contribution in [0.2, 0.25) is 0 Å². The Morgan fingerprint density at radius 3 is 1.85 bits per heavy atom. The maximum Gasteiger partial charge on any atom is 0.123 e. The van der Waals surface area contributed by atoms with Gasteiger partial charge in [-0.25, -0.2) is 0 Å². The Morgan fingerprint density at radius 2 is 1.28 bits per heavy atom. The predicted molar refractivity (Wildman–Crippen MR) is 169 cm³/mol. The number of nitrogens with zero attached hydrogens (tertiary/aromatic N) is 1. The van der Waals surface area contributed by atoms with Crippen LogP contribution in [0.5, 0.6) is 5.75 Å². The molecule has 1 N–H and O–H groups in total. The van der Waals surface area contributed by atoms with Crippen LogP contribution >= 0.6 is 7.92 Å². The van der Waals surface area contributed by atoms with Crippen molar-refractivity contribution in [3.63, 3.8) is 0 Å². The van der Waals surface area contributed by atoms with Gasteiger partial charge in [0.1, 0.15) is 5.75 Å². The molecule has 2 nitrogen and oxygen atoms in total. The van der Waals surface area contributed by atoms with Crippen LogP contribution in [0.3, 0.4) is 0 Å². The average molecular weight is 534 g/mol. The third-order valence-corrected chi connectivity index (χ3v) is 10.5. The van der Waals surface area contributed by atoms with Crippen LogP contribution in [0, 0.1) is 0 Å². The van der Waals surface area contributed by atoms with Gasteiger partial charge in [-0.1, -0.05) is 133 Å². The molecule has 2 unspecified atom stereocenters. The summed E-state index contributed by atoms with van der Waals surface area (Å²) in [5, 5.41) is 13.5. The molecule has 4 aromatic rings. The van der Waals surface area contributed by atoms with E-state index >= 15 is 0 Å². The fourth-order valence-corrected chi connectivity index (χ4v) is 8.60. The van der Waals surface area contributed by atoms with Gasteiger partial charge in [-0.05, 0) is 65.5 Å². The lowest BCUT2D eigenvalue weighted by Gasteiger charge is -2.36. The third-order valence-electron chi connectivity index (χ3n) is 7.92. The van der Waals surface area contributed by atoms with Crippen molar-refractivity contribution in [2.45, 2.75) is 64.2 Å². The first-order chi connectivity index (χ1) is 18.5. The van der Waals surface area contributed by atoms with Gasteiger partial charge in [0.2, 0.25) is 0 Å². The highest BCUT2D eigenvalue weighted by Gasteiger charge is 2.50. The van der Waals surface area contributed by atoms with Crippen molar-refractivity contribution in [3.8, 4) is 5.75 Å². The summed E-state index contributed by atoms with van der Waals surface area (Å²) in [6.07, 6.45) is 1.91. The monoisotopic (exact) mass is 533 g/mol. The first-order valence-corrected chi connectivity index (χ1v) is 15.5. The number of rotatable bonds is 4. The van der Waals surface area contributed by atoms with Crippen molar-refractivity contribution in [1.82, 2.24) is 0 Å². The number of aromatic hydroxyl groups is 1. The highest BCUT2D eigenvalue weighted by atomic mass is 31.1. The SMILES string of the molecule is CC(C)(C)c1cc(C(C)(C)C)c(O)c(C2(c3ccccc3)CCP(c3ccccc3)C2=Nc2ccccc2)c1. The Bertz CT molecular complexity index is 1460. The molecule has 1 fully saturated rings. The third kappa shape index (κ3) is 5.20. The van der Waals surface area contributed by atoms with Crippen molar-refractivity contribution in [1.29, 1.82) is 0 Å². The summed E-state index contributed by atoms with van der Waals surface area (Å²) in [5.41, 5.74) is 5.73. The summed E-state index contributed by atoms with van der Waals surface area (Å²) in [7, 11) is -0.711. The lowest BCUT2D eigenvalue weighted by atomic mass is 9.69. The second kappa shape index (κ2) is 10.4. The molecule has 5 rings (SSSR count). The van der Waals surface area contributed by atoms with Gasteiger partial charge in [-0.2, -0.15) is 0 Å². The molecular formula is C36H40NOP. The minimum absolute atomic E-state index is 0.0696. The molecular weight excluding hydrogens is 493 g/mol. The molecule has 200 valence electrons. The molecule has 0 spiro atoms. The fraction of sp³-hybridized carbons (Fsp3) is 0.306. The van der Waals surface area contributed by atoms with Crippen LogP contribution in [0.15, 0.2) is 108 Å². The maximum atomic E-state index is 12.2. The molecule has 0 bridgehead atoms. The van der Waals surface area contributed by atoms with Gasteiger partial charge in [0.25, 0.3) is 0 Å². The van der Waals surface area contributed by atoms with E-state index in [4.69, 9.17) is 4.99 Å².